The van der Waals surface area contributed by atoms with E-state index < -0.39 is 0 Å². The van der Waals surface area contributed by atoms with Gasteiger partial charge in [-0.1, -0.05) is 30.3 Å². The maximum Gasteiger partial charge on any atom is 0.230 e. The number of anilines is 1. The van der Waals surface area contributed by atoms with Gasteiger partial charge < -0.3 is 5.32 Å². The number of benzene rings is 1. The molecular formula is C20H21N5O. The Labute approximate surface area is 152 Å². The number of nitrogens with one attached hydrogen (secondary N) is 1. The highest BCUT2D eigenvalue weighted by Gasteiger charge is 2.26. The summed E-state index contributed by atoms with van der Waals surface area (Å²) in [6, 6.07) is 12.1. The number of hydrogen-bond acceptors (Lipinski definition) is 4. The molecule has 1 unspecified atom stereocenters. The molecular weight excluding hydrogens is 326 g/mol. The normalized spacial score (nSPS) is 16.2. The molecule has 3 heterocycles. The number of fused-ring (bicyclic) bond motifs is 1. The smallest absolute Gasteiger partial charge is 0.230 e. The van der Waals surface area contributed by atoms with Gasteiger partial charge in [0, 0.05) is 12.1 Å². The summed E-state index contributed by atoms with van der Waals surface area (Å²) < 4.78 is 1.82. The number of carbonyl (C=O) groups is 1. The third-order valence-electron chi connectivity index (χ3n) is 5.03. The summed E-state index contributed by atoms with van der Waals surface area (Å²) in [6.07, 6.45) is 3.10. The van der Waals surface area contributed by atoms with Gasteiger partial charge in [0.25, 0.3) is 0 Å². The summed E-state index contributed by atoms with van der Waals surface area (Å²) in [5, 5.41) is 7.19. The Balaban J connectivity index is 1.57. The van der Waals surface area contributed by atoms with E-state index in [1.807, 2.05) is 35.9 Å². The third kappa shape index (κ3) is 3.10. The number of carbonyl (C=O) groups excluding carboxylic acids is 1. The summed E-state index contributed by atoms with van der Waals surface area (Å²) in [7, 11) is 0. The minimum atomic E-state index is -0.118. The largest absolute Gasteiger partial charge is 0.310 e. The Morgan fingerprint density at radius 1 is 1.23 bits per heavy atom. The van der Waals surface area contributed by atoms with Gasteiger partial charge in [0.1, 0.15) is 18.0 Å². The Morgan fingerprint density at radius 3 is 2.85 bits per heavy atom. The molecule has 0 radical (unpaired) electrons. The minimum Gasteiger partial charge on any atom is -0.310 e. The van der Waals surface area contributed by atoms with Crippen LogP contribution in [0.2, 0.25) is 0 Å². The third-order valence-corrected chi connectivity index (χ3v) is 5.03. The van der Waals surface area contributed by atoms with Gasteiger partial charge in [-0.05, 0) is 43.0 Å². The van der Waals surface area contributed by atoms with Crippen molar-refractivity contribution in [3.63, 3.8) is 0 Å². The molecule has 0 spiro atoms. The van der Waals surface area contributed by atoms with Crippen LogP contribution in [0.25, 0.3) is 11.1 Å². The van der Waals surface area contributed by atoms with E-state index >= 15 is 0 Å². The number of rotatable bonds is 3. The van der Waals surface area contributed by atoms with Crippen LogP contribution in [0.5, 0.6) is 0 Å². The molecule has 1 amide bonds. The number of aromatic nitrogens is 4. The molecule has 1 aliphatic heterocycles. The lowest BCUT2D eigenvalue weighted by Crippen LogP contribution is -2.32. The van der Waals surface area contributed by atoms with Gasteiger partial charge in [-0.15, -0.1) is 0 Å². The van der Waals surface area contributed by atoms with Gasteiger partial charge in [0.05, 0.1) is 12.5 Å². The molecule has 132 valence electrons. The molecule has 0 saturated heterocycles. The van der Waals surface area contributed by atoms with Crippen molar-refractivity contribution >= 4 is 11.7 Å². The van der Waals surface area contributed by atoms with E-state index in [-0.39, 0.29) is 11.8 Å². The van der Waals surface area contributed by atoms with E-state index in [4.69, 9.17) is 0 Å². The van der Waals surface area contributed by atoms with Crippen molar-refractivity contribution < 1.29 is 4.79 Å². The zero-order valence-corrected chi connectivity index (χ0v) is 14.9. The molecule has 26 heavy (non-hydrogen) atoms. The van der Waals surface area contributed by atoms with Crippen molar-refractivity contribution in [2.45, 2.75) is 33.2 Å². The summed E-state index contributed by atoms with van der Waals surface area (Å²) in [6.45, 7) is 4.60. The Bertz CT molecular complexity index is 948. The first-order valence-electron chi connectivity index (χ1n) is 8.83. The second-order valence-electron chi connectivity index (χ2n) is 6.71. The van der Waals surface area contributed by atoms with E-state index in [0.29, 0.717) is 12.4 Å². The highest BCUT2D eigenvalue weighted by molar-refractivity contribution is 5.92. The summed E-state index contributed by atoms with van der Waals surface area (Å²) >= 11 is 0. The van der Waals surface area contributed by atoms with Crippen LogP contribution >= 0.6 is 0 Å². The predicted molar refractivity (Wildman–Crippen MR) is 99.6 cm³/mol. The fourth-order valence-corrected chi connectivity index (χ4v) is 3.40. The van der Waals surface area contributed by atoms with Gasteiger partial charge in [-0.2, -0.15) is 5.10 Å². The van der Waals surface area contributed by atoms with Crippen LogP contribution in [-0.4, -0.2) is 25.7 Å². The second-order valence-corrected chi connectivity index (χ2v) is 6.71. The summed E-state index contributed by atoms with van der Waals surface area (Å²) in [5.41, 5.74) is 4.26. The van der Waals surface area contributed by atoms with Crippen LogP contribution in [0, 0.1) is 19.8 Å². The molecule has 6 heteroatoms. The molecule has 0 aliphatic carbocycles. The fourth-order valence-electron chi connectivity index (χ4n) is 3.40. The molecule has 0 fully saturated rings. The van der Waals surface area contributed by atoms with Crippen LogP contribution in [0.1, 0.15) is 23.5 Å². The van der Waals surface area contributed by atoms with E-state index in [1.54, 1.807) is 6.33 Å². The monoisotopic (exact) mass is 347 g/mol. The van der Waals surface area contributed by atoms with Crippen molar-refractivity contribution in [1.29, 1.82) is 0 Å². The average molecular weight is 347 g/mol. The van der Waals surface area contributed by atoms with Crippen molar-refractivity contribution in [3.05, 3.63) is 59.8 Å². The Hall–Kier alpha value is -3.02. The average Bonchev–Trinajstić information content (AvgIpc) is 3.13. The lowest BCUT2D eigenvalue weighted by Gasteiger charge is -2.22. The maximum atomic E-state index is 12.7. The van der Waals surface area contributed by atoms with E-state index in [2.05, 4.69) is 39.4 Å². The molecule has 4 rings (SSSR count). The van der Waals surface area contributed by atoms with Crippen LogP contribution in [0.3, 0.4) is 0 Å². The fraction of sp³-hybridized carbons (Fsp3) is 0.300. The predicted octanol–water partition coefficient (Wildman–Crippen LogP) is 3.16. The van der Waals surface area contributed by atoms with Crippen molar-refractivity contribution in [1.82, 2.24) is 19.7 Å². The highest BCUT2D eigenvalue weighted by Crippen LogP contribution is 2.28. The Kier molecular flexibility index (Phi) is 4.24. The zero-order valence-electron chi connectivity index (χ0n) is 14.9. The van der Waals surface area contributed by atoms with Crippen LogP contribution in [-0.2, 0) is 17.8 Å². The molecule has 6 nitrogen and oxygen atoms in total. The molecule has 0 saturated carbocycles. The van der Waals surface area contributed by atoms with Crippen LogP contribution in [0.15, 0.2) is 42.7 Å². The van der Waals surface area contributed by atoms with Gasteiger partial charge in [-0.3, -0.25) is 4.79 Å². The van der Waals surface area contributed by atoms with E-state index in [1.165, 1.54) is 0 Å². The topological polar surface area (TPSA) is 72.7 Å². The molecule has 1 atom stereocenters. The molecule has 1 aliphatic rings. The van der Waals surface area contributed by atoms with Gasteiger partial charge in [0.2, 0.25) is 5.91 Å². The van der Waals surface area contributed by atoms with Gasteiger partial charge in [0.15, 0.2) is 0 Å². The maximum absolute atomic E-state index is 12.7. The first-order chi connectivity index (χ1) is 12.6. The van der Waals surface area contributed by atoms with Gasteiger partial charge >= 0.3 is 0 Å². The van der Waals surface area contributed by atoms with Crippen molar-refractivity contribution in [2.75, 3.05) is 5.32 Å². The van der Waals surface area contributed by atoms with E-state index in [9.17, 15) is 4.79 Å². The first-order valence-corrected chi connectivity index (χ1v) is 8.83. The summed E-state index contributed by atoms with van der Waals surface area (Å²) in [5.74, 6) is 1.42. The van der Waals surface area contributed by atoms with Crippen molar-refractivity contribution in [3.8, 4) is 11.1 Å². The van der Waals surface area contributed by atoms with Crippen LogP contribution in [0.4, 0.5) is 5.82 Å². The zero-order chi connectivity index (χ0) is 18.1. The minimum absolute atomic E-state index is 0.0130. The Morgan fingerprint density at radius 2 is 2.04 bits per heavy atom. The lowest BCUT2D eigenvalue weighted by atomic mass is 9.98. The van der Waals surface area contributed by atoms with Crippen molar-refractivity contribution in [2.24, 2.45) is 5.92 Å². The number of amides is 1. The van der Waals surface area contributed by atoms with Crippen LogP contribution < -0.4 is 5.32 Å². The molecule has 1 N–H and O–H groups in total. The molecule has 2 aromatic heterocycles. The second kappa shape index (κ2) is 6.71. The van der Waals surface area contributed by atoms with Gasteiger partial charge in [-0.25, -0.2) is 14.6 Å². The number of hydrogen-bond donors (Lipinski definition) is 1. The standard InChI is InChI=1S/C20H21N5O/c1-13-14(2)23-18(10-17(13)15-6-4-3-5-7-15)24-20(26)16-8-9-19-21-12-22-25(19)11-16/h3-7,10,12,16H,8-9,11H2,1-2H3,(H,23,24,26). The summed E-state index contributed by atoms with van der Waals surface area (Å²) in [4.78, 5) is 21.5. The van der Waals surface area contributed by atoms with E-state index in [0.717, 1.165) is 41.1 Å². The lowest BCUT2D eigenvalue weighted by molar-refractivity contribution is -0.120. The quantitative estimate of drug-likeness (QED) is 0.790. The number of aryl methyl sites for hydroxylation is 2. The molecule has 1 aromatic carbocycles. The first kappa shape index (κ1) is 16.4. The molecule has 3 aromatic rings. The number of pyridine rings is 1. The SMILES string of the molecule is Cc1nc(NC(=O)C2CCc3ncnn3C2)cc(-c2ccccc2)c1C. The number of nitrogens with zero attached hydrogens (tertiary/aromatic N) is 4. The molecule has 0 bridgehead atoms. The highest BCUT2D eigenvalue weighted by atomic mass is 16.2.